The largest absolute Gasteiger partial charge is 0.481 e. The lowest BCUT2D eigenvalue weighted by atomic mass is 9.95. The second-order valence-corrected chi connectivity index (χ2v) is 7.53. The number of hydrogen-bond acceptors (Lipinski definition) is 5. The van der Waals surface area contributed by atoms with Crippen molar-refractivity contribution in [2.75, 3.05) is 24.5 Å². The maximum atomic E-state index is 11.7. The Hall–Kier alpha value is -2.15. The van der Waals surface area contributed by atoms with Crippen LogP contribution in [0.25, 0.3) is 0 Å². The molecule has 0 aliphatic carbocycles. The Bertz CT molecular complexity index is 642. The molecule has 2 rings (SSSR count). The van der Waals surface area contributed by atoms with Crippen molar-refractivity contribution >= 4 is 17.3 Å². The van der Waals surface area contributed by atoms with Gasteiger partial charge in [-0.15, -0.1) is 0 Å². The van der Waals surface area contributed by atoms with Gasteiger partial charge in [-0.2, -0.15) is 0 Å². The van der Waals surface area contributed by atoms with Crippen LogP contribution in [0.3, 0.4) is 0 Å². The van der Waals surface area contributed by atoms with Crippen LogP contribution in [0.4, 0.5) is 11.4 Å². The summed E-state index contributed by atoms with van der Waals surface area (Å²) in [6, 6.07) is 5.47. The van der Waals surface area contributed by atoms with Crippen molar-refractivity contribution in [2.24, 2.45) is 5.92 Å². The third kappa shape index (κ3) is 5.17. The minimum atomic E-state index is -0.902. The highest BCUT2D eigenvalue weighted by Gasteiger charge is 2.28. The second kappa shape index (κ2) is 8.98. The van der Waals surface area contributed by atoms with Crippen molar-refractivity contribution in [3.8, 4) is 0 Å². The van der Waals surface area contributed by atoms with E-state index in [1.165, 1.54) is 0 Å². The number of nitrogens with one attached hydrogen (secondary N) is 1. The van der Waals surface area contributed by atoms with Gasteiger partial charge in [0.1, 0.15) is 5.69 Å². The van der Waals surface area contributed by atoms with Crippen LogP contribution in [0.15, 0.2) is 18.2 Å². The maximum absolute atomic E-state index is 11.7. The number of nitro benzene ring substituents is 1. The highest BCUT2D eigenvalue weighted by molar-refractivity contribution is 5.69. The molecule has 0 amide bonds. The highest BCUT2D eigenvalue weighted by Crippen LogP contribution is 2.35. The van der Waals surface area contributed by atoms with E-state index in [1.54, 1.807) is 19.1 Å². The van der Waals surface area contributed by atoms with Crippen LogP contribution >= 0.6 is 0 Å². The number of carboxylic acid groups (broad SMARTS) is 1. The van der Waals surface area contributed by atoms with Gasteiger partial charge < -0.3 is 15.3 Å². The summed E-state index contributed by atoms with van der Waals surface area (Å²) in [5.41, 5.74) is 1.40. The summed E-state index contributed by atoms with van der Waals surface area (Å²) in [6.07, 6.45) is 1.88. The summed E-state index contributed by atoms with van der Waals surface area (Å²) >= 11 is 0. The van der Waals surface area contributed by atoms with E-state index in [0.717, 1.165) is 32.5 Å². The summed E-state index contributed by atoms with van der Waals surface area (Å²) in [4.78, 5) is 24.5. The van der Waals surface area contributed by atoms with Crippen LogP contribution in [0.2, 0.25) is 0 Å². The monoisotopic (exact) mass is 363 g/mol. The normalized spacial score (nSPS) is 16.5. The molecule has 1 aromatic carbocycles. The van der Waals surface area contributed by atoms with Crippen molar-refractivity contribution in [3.63, 3.8) is 0 Å². The molecule has 144 valence electrons. The molecule has 1 atom stereocenters. The Balaban J connectivity index is 2.39. The molecule has 7 heteroatoms. The van der Waals surface area contributed by atoms with E-state index in [1.807, 2.05) is 6.07 Å². The molecule has 0 aromatic heterocycles. The van der Waals surface area contributed by atoms with Crippen LogP contribution in [-0.4, -0.2) is 41.7 Å². The van der Waals surface area contributed by atoms with Gasteiger partial charge in [0, 0.05) is 18.7 Å². The molecule has 7 nitrogen and oxygen atoms in total. The first-order valence-electron chi connectivity index (χ1n) is 9.27. The zero-order valence-corrected chi connectivity index (χ0v) is 15.8. The van der Waals surface area contributed by atoms with E-state index in [9.17, 15) is 14.9 Å². The number of nitrogens with zero attached hydrogens (tertiary/aromatic N) is 2. The highest BCUT2D eigenvalue weighted by atomic mass is 16.6. The van der Waals surface area contributed by atoms with Gasteiger partial charge in [0.25, 0.3) is 5.69 Å². The lowest BCUT2D eigenvalue weighted by Crippen LogP contribution is -2.45. The topological polar surface area (TPSA) is 95.7 Å². The number of hydrogen-bond donors (Lipinski definition) is 2. The van der Waals surface area contributed by atoms with Crippen LogP contribution in [0.5, 0.6) is 0 Å². The summed E-state index contributed by atoms with van der Waals surface area (Å²) in [5.74, 6) is -0.784. The second-order valence-electron chi connectivity index (χ2n) is 7.53. The molecule has 1 heterocycles. The van der Waals surface area contributed by atoms with Crippen molar-refractivity contribution in [1.29, 1.82) is 0 Å². The zero-order valence-electron chi connectivity index (χ0n) is 15.8. The summed E-state index contributed by atoms with van der Waals surface area (Å²) < 4.78 is 0. The quantitative estimate of drug-likeness (QED) is 0.543. The standard InChI is InChI=1S/C19H29N3O4/c1-13(2)12-21(16-6-8-20-9-7-16)17-5-4-15(11-18(17)22(25)26)14(3)10-19(23)24/h4-5,11,13-14,16,20H,6-10,12H2,1-3H3,(H,23,24)/t14-/m1/s1. The Morgan fingerprint density at radius 2 is 2.00 bits per heavy atom. The number of benzene rings is 1. The number of carbonyl (C=O) groups is 1. The lowest BCUT2D eigenvalue weighted by Gasteiger charge is -2.37. The zero-order chi connectivity index (χ0) is 19.3. The molecule has 26 heavy (non-hydrogen) atoms. The van der Waals surface area contributed by atoms with E-state index in [0.29, 0.717) is 17.2 Å². The predicted molar refractivity (Wildman–Crippen MR) is 102 cm³/mol. The van der Waals surface area contributed by atoms with E-state index >= 15 is 0 Å². The molecule has 0 unspecified atom stereocenters. The molecular weight excluding hydrogens is 334 g/mol. The summed E-state index contributed by atoms with van der Waals surface area (Å²) in [5, 5.41) is 24.1. The average molecular weight is 363 g/mol. The molecular formula is C19H29N3O4. The molecule has 0 spiro atoms. The van der Waals surface area contributed by atoms with Crippen LogP contribution in [0, 0.1) is 16.0 Å². The smallest absolute Gasteiger partial charge is 0.303 e. The SMILES string of the molecule is CC(C)CN(c1ccc([C@H](C)CC(=O)O)cc1[N+](=O)[O-])C1CCNCC1. The number of rotatable bonds is 8. The number of anilines is 1. The minimum Gasteiger partial charge on any atom is -0.481 e. The third-order valence-corrected chi connectivity index (χ3v) is 4.87. The van der Waals surface area contributed by atoms with Gasteiger partial charge >= 0.3 is 5.97 Å². The van der Waals surface area contributed by atoms with Crippen LogP contribution < -0.4 is 10.2 Å². The van der Waals surface area contributed by atoms with Crippen molar-refractivity contribution in [2.45, 2.75) is 52.0 Å². The van der Waals surface area contributed by atoms with Crippen LogP contribution in [-0.2, 0) is 4.79 Å². The summed E-state index contributed by atoms with van der Waals surface area (Å²) in [6.45, 7) is 8.61. The Morgan fingerprint density at radius 3 is 2.54 bits per heavy atom. The molecule has 1 aromatic rings. The van der Waals surface area contributed by atoms with Crippen molar-refractivity contribution < 1.29 is 14.8 Å². The Morgan fingerprint density at radius 1 is 1.35 bits per heavy atom. The molecule has 0 saturated carbocycles. The molecule has 0 bridgehead atoms. The van der Waals surface area contributed by atoms with Crippen molar-refractivity contribution in [3.05, 3.63) is 33.9 Å². The third-order valence-electron chi connectivity index (χ3n) is 4.87. The first-order chi connectivity index (χ1) is 12.3. The fourth-order valence-corrected chi connectivity index (χ4v) is 3.57. The summed E-state index contributed by atoms with van der Waals surface area (Å²) in [7, 11) is 0. The Labute approximate surface area is 154 Å². The number of piperidine rings is 1. The molecule has 2 N–H and O–H groups in total. The van der Waals surface area contributed by atoms with Gasteiger partial charge in [-0.25, -0.2) is 0 Å². The first-order valence-corrected chi connectivity index (χ1v) is 9.27. The van der Waals surface area contributed by atoms with Gasteiger partial charge in [-0.1, -0.05) is 26.8 Å². The maximum Gasteiger partial charge on any atom is 0.303 e. The Kier molecular flexibility index (Phi) is 6.97. The number of carboxylic acids is 1. The lowest BCUT2D eigenvalue weighted by molar-refractivity contribution is -0.384. The molecule has 1 aliphatic rings. The number of aliphatic carboxylic acids is 1. The average Bonchev–Trinajstić information content (AvgIpc) is 2.59. The van der Waals surface area contributed by atoms with Gasteiger partial charge in [-0.05, 0) is 49.4 Å². The van der Waals surface area contributed by atoms with Crippen LogP contribution in [0.1, 0.15) is 51.5 Å². The van der Waals surface area contributed by atoms with E-state index in [4.69, 9.17) is 5.11 Å². The molecule has 1 saturated heterocycles. The molecule has 1 aliphatic heterocycles. The van der Waals surface area contributed by atoms with Gasteiger partial charge in [0.05, 0.1) is 11.3 Å². The fourth-order valence-electron chi connectivity index (χ4n) is 3.57. The van der Waals surface area contributed by atoms with Gasteiger partial charge in [0.15, 0.2) is 0 Å². The minimum absolute atomic E-state index is 0.0412. The van der Waals surface area contributed by atoms with Crippen molar-refractivity contribution in [1.82, 2.24) is 5.32 Å². The van der Waals surface area contributed by atoms with Gasteiger partial charge in [0.2, 0.25) is 0 Å². The molecule has 1 fully saturated rings. The first kappa shape index (κ1) is 20.2. The molecule has 0 radical (unpaired) electrons. The van der Waals surface area contributed by atoms with E-state index in [-0.39, 0.29) is 29.0 Å². The predicted octanol–water partition coefficient (Wildman–Crippen LogP) is 3.39. The fraction of sp³-hybridized carbons (Fsp3) is 0.632. The van der Waals surface area contributed by atoms with Gasteiger partial charge in [-0.3, -0.25) is 14.9 Å². The number of nitro groups is 1. The van der Waals surface area contributed by atoms with E-state index in [2.05, 4.69) is 24.1 Å². The van der Waals surface area contributed by atoms with E-state index < -0.39 is 5.97 Å².